The van der Waals surface area contributed by atoms with Gasteiger partial charge in [-0.25, -0.2) is 0 Å². The van der Waals surface area contributed by atoms with Crippen molar-refractivity contribution < 1.29 is 13.3 Å². The second-order valence-corrected chi connectivity index (χ2v) is 8.10. The lowest BCUT2D eigenvalue weighted by Crippen LogP contribution is -2.59. The fourth-order valence-corrected chi connectivity index (χ4v) is 5.91. The van der Waals surface area contributed by atoms with Gasteiger partial charge in [0.25, 0.3) is 0 Å². The molecule has 2 unspecified atom stereocenters. The molecule has 23 heavy (non-hydrogen) atoms. The van der Waals surface area contributed by atoms with Gasteiger partial charge in [0.05, 0.1) is 11.7 Å². The fourth-order valence-electron chi connectivity index (χ4n) is 2.77. The summed E-state index contributed by atoms with van der Waals surface area (Å²) in [7, 11) is -2.90. The zero-order valence-corrected chi connectivity index (χ0v) is 15.9. The van der Waals surface area contributed by atoms with Crippen LogP contribution < -0.4 is 11.1 Å². The molecule has 0 bridgehead atoms. The minimum absolute atomic E-state index is 0.0373. The van der Waals surface area contributed by atoms with Gasteiger partial charge in [-0.05, 0) is 39.3 Å². The first-order chi connectivity index (χ1) is 11.1. The van der Waals surface area contributed by atoms with Crippen molar-refractivity contribution in [2.45, 2.75) is 45.8 Å². The molecule has 3 N–H and O–H groups in total. The average molecular weight is 341 g/mol. The van der Waals surface area contributed by atoms with Crippen LogP contribution >= 0.6 is 0 Å². The van der Waals surface area contributed by atoms with Crippen LogP contribution in [0.2, 0.25) is 5.54 Å². The number of nitrogens with two attached hydrogens (primary N) is 1. The second kappa shape index (κ2) is 10.9. The Labute approximate surface area is 141 Å². The monoisotopic (exact) mass is 340 g/mol. The van der Waals surface area contributed by atoms with Gasteiger partial charge in [0, 0.05) is 19.8 Å². The van der Waals surface area contributed by atoms with Crippen molar-refractivity contribution in [2.75, 3.05) is 26.4 Å². The van der Waals surface area contributed by atoms with Crippen LogP contribution in [0.15, 0.2) is 30.3 Å². The third-order valence-corrected chi connectivity index (χ3v) is 7.21. The van der Waals surface area contributed by atoms with E-state index in [0.29, 0.717) is 19.8 Å². The van der Waals surface area contributed by atoms with E-state index in [4.69, 9.17) is 19.0 Å². The fraction of sp³-hybridized carbons (Fsp3) is 0.647. The Kier molecular flexibility index (Phi) is 9.62. The number of nitrogens with one attached hydrogen (secondary N) is 1. The summed E-state index contributed by atoms with van der Waals surface area (Å²) >= 11 is 0. The third-order valence-electron chi connectivity index (χ3n) is 3.66. The number of hydrogen-bond acceptors (Lipinski definition) is 5. The molecule has 0 aromatic heterocycles. The molecule has 2 atom stereocenters. The molecule has 0 aliphatic carbocycles. The van der Waals surface area contributed by atoms with E-state index in [2.05, 4.69) is 17.4 Å². The van der Waals surface area contributed by atoms with Crippen LogP contribution in [-0.4, -0.2) is 41.3 Å². The van der Waals surface area contributed by atoms with E-state index in [1.807, 2.05) is 45.9 Å². The lowest BCUT2D eigenvalue weighted by Gasteiger charge is -2.38. The SMILES string of the molecule is CCNC(N)C(Cc1ccccc1)[Si](OCC)(OCC)OCC. The Balaban J connectivity index is 3.14. The van der Waals surface area contributed by atoms with Crippen molar-refractivity contribution in [3.63, 3.8) is 0 Å². The highest BCUT2D eigenvalue weighted by atomic mass is 28.4. The van der Waals surface area contributed by atoms with Crippen molar-refractivity contribution in [3.05, 3.63) is 35.9 Å². The van der Waals surface area contributed by atoms with Crippen LogP contribution in [0.3, 0.4) is 0 Å². The third kappa shape index (κ3) is 5.98. The minimum atomic E-state index is -2.90. The first-order valence-corrected chi connectivity index (χ1v) is 10.4. The summed E-state index contributed by atoms with van der Waals surface area (Å²) in [5, 5.41) is 3.32. The number of benzene rings is 1. The van der Waals surface area contributed by atoms with Crippen LogP contribution in [0.5, 0.6) is 0 Å². The number of hydrogen-bond donors (Lipinski definition) is 2. The molecule has 0 saturated heterocycles. The highest BCUT2D eigenvalue weighted by Crippen LogP contribution is 2.31. The summed E-state index contributed by atoms with van der Waals surface area (Å²) < 4.78 is 18.3. The second-order valence-electron chi connectivity index (χ2n) is 5.28. The Morgan fingerprint density at radius 2 is 1.48 bits per heavy atom. The topological polar surface area (TPSA) is 65.7 Å². The van der Waals surface area contributed by atoms with Gasteiger partial charge in [0.1, 0.15) is 0 Å². The van der Waals surface area contributed by atoms with Gasteiger partial charge in [0.2, 0.25) is 0 Å². The molecule has 1 aromatic carbocycles. The Morgan fingerprint density at radius 3 is 1.91 bits per heavy atom. The lowest BCUT2D eigenvalue weighted by atomic mass is 10.1. The largest absolute Gasteiger partial charge is 0.507 e. The molecule has 5 nitrogen and oxygen atoms in total. The quantitative estimate of drug-likeness (QED) is 0.452. The maximum Gasteiger partial charge on any atom is 0.507 e. The van der Waals surface area contributed by atoms with Gasteiger partial charge >= 0.3 is 8.80 Å². The first-order valence-electron chi connectivity index (χ1n) is 8.58. The van der Waals surface area contributed by atoms with Gasteiger partial charge < -0.3 is 24.3 Å². The summed E-state index contributed by atoms with van der Waals surface area (Å²) in [6.07, 6.45) is 0.526. The molecule has 0 aliphatic heterocycles. The predicted molar refractivity (Wildman–Crippen MR) is 96.2 cm³/mol. The molecule has 0 aliphatic rings. The van der Waals surface area contributed by atoms with E-state index in [1.165, 1.54) is 5.56 Å². The van der Waals surface area contributed by atoms with E-state index >= 15 is 0 Å². The molecule has 1 rings (SSSR count). The van der Waals surface area contributed by atoms with Crippen molar-refractivity contribution in [2.24, 2.45) is 5.73 Å². The maximum atomic E-state index is 6.44. The van der Waals surface area contributed by atoms with Gasteiger partial charge in [-0.1, -0.05) is 37.3 Å². The molecule has 132 valence electrons. The van der Waals surface area contributed by atoms with E-state index < -0.39 is 8.80 Å². The van der Waals surface area contributed by atoms with Crippen LogP contribution in [0.4, 0.5) is 0 Å². The van der Waals surface area contributed by atoms with E-state index in [-0.39, 0.29) is 11.7 Å². The van der Waals surface area contributed by atoms with Crippen molar-refractivity contribution >= 4 is 8.80 Å². The van der Waals surface area contributed by atoms with Crippen LogP contribution in [0, 0.1) is 0 Å². The van der Waals surface area contributed by atoms with E-state index in [0.717, 1.165) is 13.0 Å². The molecular weight excluding hydrogens is 308 g/mol. The van der Waals surface area contributed by atoms with Gasteiger partial charge in [-0.3, -0.25) is 0 Å². The molecule has 0 fully saturated rings. The molecule has 0 radical (unpaired) electrons. The summed E-state index contributed by atoms with van der Waals surface area (Å²) in [5.41, 5.74) is 7.61. The van der Waals surface area contributed by atoms with Crippen molar-refractivity contribution in [1.29, 1.82) is 0 Å². The summed E-state index contributed by atoms with van der Waals surface area (Å²) in [6.45, 7) is 10.4. The first kappa shape index (κ1) is 20.3. The van der Waals surface area contributed by atoms with Crippen LogP contribution in [0.25, 0.3) is 0 Å². The van der Waals surface area contributed by atoms with Crippen molar-refractivity contribution in [3.8, 4) is 0 Å². The molecule has 0 spiro atoms. The minimum Gasteiger partial charge on any atom is -0.374 e. The van der Waals surface area contributed by atoms with Gasteiger partial charge in [-0.15, -0.1) is 0 Å². The zero-order valence-electron chi connectivity index (χ0n) is 14.9. The predicted octanol–water partition coefficient (Wildman–Crippen LogP) is 2.54. The summed E-state index contributed by atoms with van der Waals surface area (Å²) in [4.78, 5) is 0. The highest BCUT2D eigenvalue weighted by Gasteiger charge is 2.51. The molecule has 0 saturated carbocycles. The molecule has 6 heteroatoms. The Bertz CT molecular complexity index is 403. The summed E-state index contributed by atoms with van der Waals surface area (Å²) in [5.74, 6) is 0. The van der Waals surface area contributed by atoms with Gasteiger partial charge in [-0.2, -0.15) is 0 Å². The average Bonchev–Trinajstić information content (AvgIpc) is 2.54. The summed E-state index contributed by atoms with van der Waals surface area (Å²) in [6, 6.07) is 10.3. The Morgan fingerprint density at radius 1 is 0.957 bits per heavy atom. The zero-order chi connectivity index (χ0) is 17.1. The molecule has 1 aromatic rings. The molecule has 0 heterocycles. The molecular formula is C17H32N2O3Si. The van der Waals surface area contributed by atoms with Crippen LogP contribution in [-0.2, 0) is 19.7 Å². The van der Waals surface area contributed by atoms with Gasteiger partial charge in [0.15, 0.2) is 0 Å². The normalized spacial score (nSPS) is 14.7. The smallest absolute Gasteiger partial charge is 0.374 e. The highest BCUT2D eigenvalue weighted by molar-refractivity contribution is 6.62. The lowest BCUT2D eigenvalue weighted by molar-refractivity contribution is 0.0562. The van der Waals surface area contributed by atoms with Crippen molar-refractivity contribution in [1.82, 2.24) is 5.32 Å². The number of rotatable bonds is 12. The van der Waals surface area contributed by atoms with Crippen LogP contribution in [0.1, 0.15) is 33.3 Å². The van der Waals surface area contributed by atoms with E-state index in [9.17, 15) is 0 Å². The Hall–Kier alpha value is -0.763. The molecule has 0 amide bonds. The van der Waals surface area contributed by atoms with E-state index in [1.54, 1.807) is 0 Å². The maximum absolute atomic E-state index is 6.44. The standard InChI is InChI=1S/C17H32N2O3Si/c1-5-19-17(18)16(14-15-12-10-9-11-13-15)23(20-6-2,21-7-3)22-8-4/h9-13,16-17,19H,5-8,14,18H2,1-4H3.